The van der Waals surface area contributed by atoms with E-state index >= 15 is 0 Å². The van der Waals surface area contributed by atoms with Gasteiger partial charge in [0.05, 0.1) is 13.2 Å². The van der Waals surface area contributed by atoms with Crippen LogP contribution in [0.25, 0.3) is 22.8 Å². The Morgan fingerprint density at radius 2 is 1.88 bits per heavy atom. The Morgan fingerprint density at radius 1 is 1.00 bits per heavy atom. The summed E-state index contributed by atoms with van der Waals surface area (Å²) in [6.45, 7) is 0. The van der Waals surface area contributed by atoms with E-state index < -0.39 is 0 Å². The molecule has 0 atom stereocenters. The van der Waals surface area contributed by atoms with Crippen LogP contribution in [0.5, 0.6) is 11.5 Å². The molecule has 1 aliphatic carbocycles. The molecule has 0 radical (unpaired) electrons. The third-order valence-corrected chi connectivity index (χ3v) is 4.32. The number of methoxy groups -OCH3 is 1. The number of aromatic nitrogens is 1. The average molecular weight is 321 g/mol. The normalized spacial score (nSPS) is 14.2. The predicted molar refractivity (Wildman–Crippen MR) is 92.2 cm³/mol. The van der Waals surface area contributed by atoms with Crippen molar-refractivity contribution >= 4 is 0 Å². The fourth-order valence-corrected chi connectivity index (χ4v) is 2.73. The molecule has 0 saturated heterocycles. The van der Waals surface area contributed by atoms with E-state index in [1.807, 2.05) is 48.5 Å². The van der Waals surface area contributed by atoms with Crippen molar-refractivity contribution in [1.29, 1.82) is 0 Å². The van der Waals surface area contributed by atoms with Gasteiger partial charge in [0.25, 0.3) is 0 Å². The van der Waals surface area contributed by atoms with Crippen molar-refractivity contribution in [2.24, 2.45) is 0 Å². The van der Waals surface area contributed by atoms with Crippen LogP contribution >= 0.6 is 0 Å². The van der Waals surface area contributed by atoms with Gasteiger partial charge in [-0.3, -0.25) is 4.98 Å². The highest BCUT2D eigenvalue weighted by Gasteiger charge is 2.21. The Bertz CT molecular complexity index is 822. The molecule has 122 valence electrons. The molecule has 1 aliphatic rings. The van der Waals surface area contributed by atoms with Crippen molar-refractivity contribution in [3.8, 4) is 34.3 Å². The van der Waals surface area contributed by atoms with Crippen molar-refractivity contribution in [3.63, 3.8) is 0 Å². The van der Waals surface area contributed by atoms with Gasteiger partial charge in [-0.25, -0.2) is 0 Å². The monoisotopic (exact) mass is 321 g/mol. The van der Waals surface area contributed by atoms with E-state index in [2.05, 4.69) is 4.98 Å². The van der Waals surface area contributed by atoms with Gasteiger partial charge in [-0.2, -0.15) is 0 Å². The number of hydrogen-bond acceptors (Lipinski definition) is 4. The molecule has 4 nitrogen and oxygen atoms in total. The maximum absolute atomic E-state index is 6.05. The molecule has 1 saturated carbocycles. The standard InChI is InChI=1S/C20H19NO3/c1-22-19-9-8-14(13-20(19)23-15-5-4-6-15)17-10-11-18(24-17)16-7-2-3-12-21-16/h2-3,7-13,15H,4-6H2,1H3. The number of pyridine rings is 1. The van der Waals surface area contributed by atoms with Gasteiger partial charge in [0.15, 0.2) is 17.3 Å². The van der Waals surface area contributed by atoms with Crippen molar-refractivity contribution in [2.75, 3.05) is 7.11 Å². The molecule has 2 aromatic heterocycles. The highest BCUT2D eigenvalue weighted by atomic mass is 16.5. The van der Waals surface area contributed by atoms with E-state index in [1.165, 1.54) is 6.42 Å². The van der Waals surface area contributed by atoms with E-state index in [0.717, 1.165) is 47.1 Å². The van der Waals surface area contributed by atoms with Crippen LogP contribution in [0, 0.1) is 0 Å². The van der Waals surface area contributed by atoms with E-state index in [4.69, 9.17) is 13.9 Å². The lowest BCUT2D eigenvalue weighted by Crippen LogP contribution is -2.24. The second-order valence-electron chi connectivity index (χ2n) is 5.92. The Balaban J connectivity index is 1.64. The lowest BCUT2D eigenvalue weighted by molar-refractivity contribution is 0.116. The van der Waals surface area contributed by atoms with Crippen molar-refractivity contribution in [3.05, 3.63) is 54.7 Å². The van der Waals surface area contributed by atoms with Crippen molar-refractivity contribution < 1.29 is 13.9 Å². The molecule has 0 bridgehead atoms. The molecule has 4 rings (SSSR count). The average Bonchev–Trinajstić information content (AvgIpc) is 3.09. The molecule has 1 aromatic carbocycles. The predicted octanol–water partition coefficient (Wildman–Crippen LogP) is 4.95. The topological polar surface area (TPSA) is 44.5 Å². The second-order valence-corrected chi connectivity index (χ2v) is 5.92. The minimum atomic E-state index is 0.301. The number of furan rings is 1. The highest BCUT2D eigenvalue weighted by molar-refractivity contribution is 5.66. The minimum Gasteiger partial charge on any atom is -0.493 e. The third kappa shape index (κ3) is 2.87. The number of hydrogen-bond donors (Lipinski definition) is 0. The maximum atomic E-state index is 6.05. The van der Waals surface area contributed by atoms with Gasteiger partial charge in [0, 0.05) is 11.8 Å². The second kappa shape index (κ2) is 6.40. The van der Waals surface area contributed by atoms with Gasteiger partial charge >= 0.3 is 0 Å². The van der Waals surface area contributed by atoms with Gasteiger partial charge in [-0.15, -0.1) is 0 Å². The minimum absolute atomic E-state index is 0.301. The Labute approximate surface area is 141 Å². The molecule has 0 N–H and O–H groups in total. The number of rotatable bonds is 5. The molecule has 0 aliphatic heterocycles. The van der Waals surface area contributed by atoms with Crippen LogP contribution < -0.4 is 9.47 Å². The van der Waals surface area contributed by atoms with Crippen LogP contribution in [-0.2, 0) is 0 Å². The zero-order valence-corrected chi connectivity index (χ0v) is 13.6. The largest absolute Gasteiger partial charge is 0.493 e. The summed E-state index contributed by atoms with van der Waals surface area (Å²) in [5.41, 5.74) is 1.79. The maximum Gasteiger partial charge on any atom is 0.162 e. The summed E-state index contributed by atoms with van der Waals surface area (Å²) >= 11 is 0. The molecule has 3 aromatic rings. The van der Waals surface area contributed by atoms with E-state index in [0.29, 0.717) is 6.10 Å². The zero-order valence-electron chi connectivity index (χ0n) is 13.6. The Morgan fingerprint density at radius 3 is 2.58 bits per heavy atom. The summed E-state index contributed by atoms with van der Waals surface area (Å²) in [5.74, 6) is 3.07. The first-order valence-corrected chi connectivity index (χ1v) is 8.20. The fraction of sp³-hybridized carbons (Fsp3) is 0.250. The molecule has 4 heteroatoms. The summed E-state index contributed by atoms with van der Waals surface area (Å²) in [7, 11) is 1.66. The summed E-state index contributed by atoms with van der Waals surface area (Å²) in [5, 5.41) is 0. The summed E-state index contributed by atoms with van der Waals surface area (Å²) in [6, 6.07) is 15.6. The molecule has 2 heterocycles. The van der Waals surface area contributed by atoms with E-state index in [-0.39, 0.29) is 0 Å². The summed E-state index contributed by atoms with van der Waals surface area (Å²) < 4.78 is 17.4. The van der Waals surface area contributed by atoms with Crippen LogP contribution in [0.2, 0.25) is 0 Å². The number of ether oxygens (including phenoxy) is 2. The smallest absolute Gasteiger partial charge is 0.162 e. The van der Waals surface area contributed by atoms with Crippen LogP contribution in [0.3, 0.4) is 0 Å². The molecule has 0 unspecified atom stereocenters. The van der Waals surface area contributed by atoms with Gasteiger partial charge in [0.1, 0.15) is 11.5 Å². The van der Waals surface area contributed by atoms with Crippen molar-refractivity contribution in [2.45, 2.75) is 25.4 Å². The lowest BCUT2D eigenvalue weighted by atomic mass is 9.96. The molecule has 24 heavy (non-hydrogen) atoms. The number of benzene rings is 1. The van der Waals surface area contributed by atoms with Gasteiger partial charge in [-0.1, -0.05) is 6.07 Å². The van der Waals surface area contributed by atoms with Crippen molar-refractivity contribution in [1.82, 2.24) is 4.98 Å². The molecular formula is C20H19NO3. The van der Waals surface area contributed by atoms with E-state index in [1.54, 1.807) is 13.3 Å². The Hall–Kier alpha value is -2.75. The van der Waals surface area contributed by atoms with Gasteiger partial charge < -0.3 is 13.9 Å². The summed E-state index contributed by atoms with van der Waals surface area (Å²) in [6.07, 6.45) is 5.51. The zero-order chi connectivity index (χ0) is 16.4. The van der Waals surface area contributed by atoms with Crippen LogP contribution in [0.4, 0.5) is 0 Å². The number of nitrogens with zero attached hydrogens (tertiary/aromatic N) is 1. The lowest BCUT2D eigenvalue weighted by Gasteiger charge is -2.27. The molecule has 0 amide bonds. The van der Waals surface area contributed by atoms with Gasteiger partial charge in [0.2, 0.25) is 0 Å². The molecule has 0 spiro atoms. The summed E-state index contributed by atoms with van der Waals surface area (Å²) in [4.78, 5) is 4.32. The van der Waals surface area contributed by atoms with Crippen LogP contribution in [0.1, 0.15) is 19.3 Å². The van der Waals surface area contributed by atoms with Crippen LogP contribution in [-0.4, -0.2) is 18.2 Å². The molecule has 1 fully saturated rings. The highest BCUT2D eigenvalue weighted by Crippen LogP contribution is 2.37. The van der Waals surface area contributed by atoms with Crippen LogP contribution in [0.15, 0.2) is 59.1 Å². The first-order valence-electron chi connectivity index (χ1n) is 8.20. The van der Waals surface area contributed by atoms with E-state index in [9.17, 15) is 0 Å². The molecular weight excluding hydrogens is 302 g/mol. The first kappa shape index (κ1) is 14.8. The SMILES string of the molecule is COc1ccc(-c2ccc(-c3ccccn3)o2)cc1OC1CCC1. The third-order valence-electron chi connectivity index (χ3n) is 4.32. The van der Waals surface area contributed by atoms with Gasteiger partial charge in [-0.05, 0) is 61.7 Å². The quantitative estimate of drug-likeness (QED) is 0.667. The first-order chi connectivity index (χ1) is 11.8. The fourth-order valence-electron chi connectivity index (χ4n) is 2.73. The Kier molecular flexibility index (Phi) is 3.95.